The van der Waals surface area contributed by atoms with E-state index < -0.39 is 6.10 Å². The summed E-state index contributed by atoms with van der Waals surface area (Å²) in [5.41, 5.74) is 2.57. The van der Waals surface area contributed by atoms with Gasteiger partial charge in [0, 0.05) is 19.1 Å². The van der Waals surface area contributed by atoms with Gasteiger partial charge in [0.1, 0.15) is 24.2 Å². The van der Waals surface area contributed by atoms with Gasteiger partial charge in [-0.3, -0.25) is 4.90 Å². The lowest BCUT2D eigenvalue weighted by molar-refractivity contribution is 0.0626. The average Bonchev–Trinajstić information content (AvgIpc) is 3.47. The third-order valence-electron chi connectivity index (χ3n) is 4.52. The van der Waals surface area contributed by atoms with Gasteiger partial charge in [0.05, 0.1) is 7.11 Å². The molecule has 0 bridgehead atoms. The number of hydrogen-bond donors (Lipinski definition) is 1. The Labute approximate surface area is 150 Å². The Balaban J connectivity index is 1.50. The van der Waals surface area contributed by atoms with Gasteiger partial charge in [0.25, 0.3) is 0 Å². The van der Waals surface area contributed by atoms with E-state index in [0.29, 0.717) is 19.2 Å². The van der Waals surface area contributed by atoms with Crippen LogP contribution in [-0.4, -0.2) is 42.4 Å². The number of ether oxygens (including phenoxy) is 2. The lowest BCUT2D eigenvalue weighted by Crippen LogP contribution is -2.36. The molecule has 1 atom stereocenters. The van der Waals surface area contributed by atoms with Gasteiger partial charge in [0.2, 0.25) is 0 Å². The fourth-order valence-electron chi connectivity index (χ4n) is 2.90. The van der Waals surface area contributed by atoms with Crippen molar-refractivity contribution in [3.63, 3.8) is 0 Å². The molecule has 3 rings (SSSR count). The van der Waals surface area contributed by atoms with Crippen molar-refractivity contribution in [2.24, 2.45) is 0 Å². The highest BCUT2D eigenvalue weighted by Gasteiger charge is 2.30. The van der Waals surface area contributed by atoms with E-state index in [1.165, 1.54) is 24.0 Å². The van der Waals surface area contributed by atoms with Crippen LogP contribution in [0.4, 0.5) is 0 Å². The smallest absolute Gasteiger partial charge is 0.119 e. The summed E-state index contributed by atoms with van der Waals surface area (Å²) in [7, 11) is 1.64. The van der Waals surface area contributed by atoms with Crippen molar-refractivity contribution in [1.29, 1.82) is 0 Å². The summed E-state index contributed by atoms with van der Waals surface area (Å²) in [4.78, 5) is 2.37. The molecule has 1 saturated carbocycles. The Morgan fingerprint density at radius 1 is 1.04 bits per heavy atom. The van der Waals surface area contributed by atoms with Crippen LogP contribution in [-0.2, 0) is 6.54 Å². The van der Waals surface area contributed by atoms with Crippen LogP contribution in [0.5, 0.6) is 11.5 Å². The second-order valence-corrected chi connectivity index (χ2v) is 6.79. The van der Waals surface area contributed by atoms with Crippen molar-refractivity contribution >= 4 is 0 Å². The third kappa shape index (κ3) is 5.48. The van der Waals surface area contributed by atoms with Crippen molar-refractivity contribution in [3.05, 3.63) is 59.7 Å². The maximum absolute atomic E-state index is 10.4. The summed E-state index contributed by atoms with van der Waals surface area (Å²) in [5, 5.41) is 10.4. The first-order chi connectivity index (χ1) is 12.1. The minimum absolute atomic E-state index is 0.295. The number of nitrogens with zero attached hydrogens (tertiary/aromatic N) is 1. The van der Waals surface area contributed by atoms with E-state index in [2.05, 4.69) is 36.1 Å². The Morgan fingerprint density at radius 2 is 1.68 bits per heavy atom. The largest absolute Gasteiger partial charge is 0.497 e. The fourth-order valence-corrected chi connectivity index (χ4v) is 2.90. The van der Waals surface area contributed by atoms with E-state index in [-0.39, 0.29) is 0 Å². The van der Waals surface area contributed by atoms with E-state index >= 15 is 0 Å². The van der Waals surface area contributed by atoms with Gasteiger partial charge in [-0.25, -0.2) is 0 Å². The van der Waals surface area contributed by atoms with E-state index in [1.807, 2.05) is 24.3 Å². The number of hydrogen-bond acceptors (Lipinski definition) is 4. The van der Waals surface area contributed by atoms with Crippen LogP contribution in [0, 0.1) is 6.92 Å². The van der Waals surface area contributed by atoms with Crippen LogP contribution >= 0.6 is 0 Å². The van der Waals surface area contributed by atoms with Crippen molar-refractivity contribution in [3.8, 4) is 11.5 Å². The summed E-state index contributed by atoms with van der Waals surface area (Å²) in [6, 6.07) is 16.7. The van der Waals surface area contributed by atoms with Crippen LogP contribution < -0.4 is 9.47 Å². The normalized spacial score (nSPS) is 15.2. The standard InChI is InChI=1S/C21H27NO3/c1-16-3-5-17(6-4-16)13-22(18-7-8-18)14-19(23)15-25-21-11-9-20(24-2)10-12-21/h3-6,9-12,18-19,23H,7-8,13-15H2,1-2H3. The molecule has 1 aliphatic rings. The van der Waals surface area contributed by atoms with Crippen LogP contribution in [0.15, 0.2) is 48.5 Å². The molecule has 0 aliphatic heterocycles. The molecule has 0 aromatic heterocycles. The monoisotopic (exact) mass is 341 g/mol. The van der Waals surface area contributed by atoms with Gasteiger partial charge in [0.15, 0.2) is 0 Å². The molecule has 25 heavy (non-hydrogen) atoms. The van der Waals surface area contributed by atoms with Gasteiger partial charge >= 0.3 is 0 Å². The molecule has 4 heteroatoms. The first-order valence-electron chi connectivity index (χ1n) is 8.88. The van der Waals surface area contributed by atoms with E-state index in [0.717, 1.165) is 18.0 Å². The maximum atomic E-state index is 10.4. The summed E-state index contributed by atoms with van der Waals surface area (Å²) in [5.74, 6) is 1.54. The first-order valence-corrected chi connectivity index (χ1v) is 8.88. The summed E-state index contributed by atoms with van der Waals surface area (Å²) >= 11 is 0. The van der Waals surface area contributed by atoms with Gasteiger partial charge in [-0.1, -0.05) is 29.8 Å². The molecule has 1 aliphatic carbocycles. The number of aliphatic hydroxyl groups excluding tert-OH is 1. The molecule has 1 fully saturated rings. The first kappa shape index (κ1) is 17.8. The molecule has 2 aromatic carbocycles. The zero-order valence-corrected chi connectivity index (χ0v) is 15.0. The Bertz CT molecular complexity index is 650. The zero-order valence-electron chi connectivity index (χ0n) is 15.0. The lowest BCUT2D eigenvalue weighted by atomic mass is 10.1. The Kier molecular flexibility index (Phi) is 5.95. The van der Waals surface area contributed by atoms with Crippen molar-refractivity contribution < 1.29 is 14.6 Å². The topological polar surface area (TPSA) is 41.9 Å². The van der Waals surface area contributed by atoms with Crippen molar-refractivity contribution in [1.82, 2.24) is 4.90 Å². The maximum Gasteiger partial charge on any atom is 0.119 e. The Hall–Kier alpha value is -2.04. The van der Waals surface area contributed by atoms with Crippen LogP contribution in [0.2, 0.25) is 0 Å². The Morgan fingerprint density at radius 3 is 2.28 bits per heavy atom. The van der Waals surface area contributed by atoms with Crippen LogP contribution in [0.25, 0.3) is 0 Å². The van der Waals surface area contributed by atoms with Crippen molar-refractivity contribution in [2.75, 3.05) is 20.3 Å². The van der Waals surface area contributed by atoms with Crippen LogP contribution in [0.1, 0.15) is 24.0 Å². The number of aliphatic hydroxyl groups is 1. The molecule has 1 N–H and O–H groups in total. The molecule has 0 radical (unpaired) electrons. The summed E-state index contributed by atoms with van der Waals surface area (Å²) in [6.45, 7) is 3.91. The van der Waals surface area contributed by atoms with E-state index in [4.69, 9.17) is 9.47 Å². The minimum atomic E-state index is -0.506. The van der Waals surface area contributed by atoms with Gasteiger partial charge < -0.3 is 14.6 Å². The lowest BCUT2D eigenvalue weighted by Gasteiger charge is -2.25. The number of benzene rings is 2. The molecule has 0 saturated heterocycles. The predicted octanol–water partition coefficient (Wildman–Crippen LogP) is 3.41. The molecule has 134 valence electrons. The molecule has 0 amide bonds. The molecule has 0 spiro atoms. The number of methoxy groups -OCH3 is 1. The number of aryl methyl sites for hydroxylation is 1. The summed E-state index contributed by atoms with van der Waals surface area (Å²) in [6.07, 6.45) is 1.93. The second-order valence-electron chi connectivity index (χ2n) is 6.79. The second kappa shape index (κ2) is 8.37. The molecular formula is C21H27NO3. The zero-order chi connectivity index (χ0) is 17.6. The SMILES string of the molecule is COc1ccc(OCC(O)CN(Cc2ccc(C)cc2)C2CC2)cc1. The number of rotatable bonds is 9. The van der Waals surface area contributed by atoms with Crippen molar-refractivity contribution in [2.45, 2.75) is 38.5 Å². The summed E-state index contributed by atoms with van der Waals surface area (Å²) < 4.78 is 10.8. The molecular weight excluding hydrogens is 314 g/mol. The molecule has 1 unspecified atom stereocenters. The van der Waals surface area contributed by atoms with E-state index in [1.54, 1.807) is 7.11 Å². The highest BCUT2D eigenvalue weighted by Crippen LogP contribution is 2.28. The average molecular weight is 341 g/mol. The predicted molar refractivity (Wildman–Crippen MR) is 99.1 cm³/mol. The third-order valence-corrected chi connectivity index (χ3v) is 4.52. The molecule has 4 nitrogen and oxygen atoms in total. The van der Waals surface area contributed by atoms with Gasteiger partial charge in [-0.2, -0.15) is 0 Å². The van der Waals surface area contributed by atoms with Gasteiger partial charge in [-0.05, 0) is 49.6 Å². The van der Waals surface area contributed by atoms with Crippen LogP contribution in [0.3, 0.4) is 0 Å². The van der Waals surface area contributed by atoms with Gasteiger partial charge in [-0.15, -0.1) is 0 Å². The fraction of sp³-hybridized carbons (Fsp3) is 0.429. The molecule has 0 heterocycles. The molecule has 2 aromatic rings. The highest BCUT2D eigenvalue weighted by molar-refractivity contribution is 5.31. The van der Waals surface area contributed by atoms with E-state index in [9.17, 15) is 5.11 Å². The minimum Gasteiger partial charge on any atom is -0.497 e. The quantitative estimate of drug-likeness (QED) is 0.759. The highest BCUT2D eigenvalue weighted by atomic mass is 16.5.